The number of benzene rings is 2. The summed E-state index contributed by atoms with van der Waals surface area (Å²) in [5.74, 6) is 0.490. The first-order chi connectivity index (χ1) is 13.2. The number of hydrogen-bond acceptors (Lipinski definition) is 4. The van der Waals surface area contributed by atoms with Crippen molar-refractivity contribution in [3.8, 4) is 11.5 Å². The molecule has 0 saturated carbocycles. The van der Waals surface area contributed by atoms with Gasteiger partial charge in [-0.1, -0.05) is 35.3 Å². The maximum absolute atomic E-state index is 12.8. The highest BCUT2D eigenvalue weighted by Gasteiger charge is 2.26. The van der Waals surface area contributed by atoms with Gasteiger partial charge < -0.3 is 10.1 Å². The number of nitrogens with one attached hydrogen (secondary N) is 1. The highest BCUT2D eigenvalue weighted by atomic mass is 35.5. The Bertz CT molecular complexity index is 974. The van der Waals surface area contributed by atoms with Crippen LogP contribution < -0.4 is 10.1 Å². The van der Waals surface area contributed by atoms with E-state index in [9.17, 15) is 13.2 Å². The summed E-state index contributed by atoms with van der Waals surface area (Å²) in [6, 6.07) is 11.6. The summed E-state index contributed by atoms with van der Waals surface area (Å²) in [6.45, 7) is 0.782. The Kier molecular flexibility index (Phi) is 6.50. The minimum absolute atomic E-state index is 0.0994. The molecule has 28 heavy (non-hydrogen) atoms. The first-order valence-corrected chi connectivity index (χ1v) is 11.3. The molecule has 1 N–H and O–H groups in total. The summed E-state index contributed by atoms with van der Waals surface area (Å²) < 4.78 is 30.5. The van der Waals surface area contributed by atoms with Gasteiger partial charge in [-0.2, -0.15) is 0 Å². The van der Waals surface area contributed by atoms with Crippen LogP contribution in [0.1, 0.15) is 23.2 Å². The van der Waals surface area contributed by atoms with Gasteiger partial charge in [0.1, 0.15) is 11.5 Å². The molecule has 0 aliphatic carbocycles. The molecule has 0 bridgehead atoms. The van der Waals surface area contributed by atoms with E-state index in [1.165, 1.54) is 10.6 Å². The number of rotatable bonds is 5. The normalized spacial score (nSPS) is 16.0. The van der Waals surface area contributed by atoms with Gasteiger partial charge in [-0.05, 0) is 43.2 Å². The van der Waals surface area contributed by atoms with E-state index < -0.39 is 10.0 Å². The molecule has 1 heterocycles. The van der Waals surface area contributed by atoms with E-state index in [1.807, 2.05) is 0 Å². The van der Waals surface area contributed by atoms with Gasteiger partial charge in [-0.15, -0.1) is 0 Å². The molecule has 2 aromatic carbocycles. The van der Waals surface area contributed by atoms with Crippen molar-refractivity contribution in [1.29, 1.82) is 0 Å². The maximum Gasteiger partial charge on any atom is 0.255 e. The van der Waals surface area contributed by atoms with Crippen LogP contribution in [0.4, 0.5) is 0 Å². The zero-order valence-corrected chi connectivity index (χ0v) is 17.5. The lowest BCUT2D eigenvalue weighted by molar-refractivity contribution is 0.0921. The van der Waals surface area contributed by atoms with E-state index in [4.69, 9.17) is 27.9 Å². The van der Waals surface area contributed by atoms with Crippen LogP contribution in [0.25, 0.3) is 0 Å². The third kappa shape index (κ3) is 5.17. The Hall–Kier alpha value is -1.80. The van der Waals surface area contributed by atoms with Crippen molar-refractivity contribution < 1.29 is 17.9 Å². The van der Waals surface area contributed by atoms with Gasteiger partial charge in [0.25, 0.3) is 5.91 Å². The SMILES string of the molecule is CS(=O)(=O)N1CCC(NC(=O)c2ccccc2Oc2ccc(Cl)cc2Cl)CC1. The Morgan fingerprint density at radius 3 is 2.43 bits per heavy atom. The van der Waals surface area contributed by atoms with E-state index in [0.29, 0.717) is 53.0 Å². The third-order valence-corrected chi connectivity index (χ3v) is 6.34. The molecule has 9 heteroatoms. The van der Waals surface area contributed by atoms with Crippen LogP contribution in [0, 0.1) is 0 Å². The monoisotopic (exact) mass is 442 g/mol. The Morgan fingerprint density at radius 1 is 1.11 bits per heavy atom. The smallest absolute Gasteiger partial charge is 0.255 e. The Balaban J connectivity index is 1.70. The van der Waals surface area contributed by atoms with Crippen molar-refractivity contribution >= 4 is 39.1 Å². The number of ether oxygens (including phenoxy) is 1. The quantitative estimate of drug-likeness (QED) is 0.760. The van der Waals surface area contributed by atoms with Crippen molar-refractivity contribution in [2.75, 3.05) is 19.3 Å². The summed E-state index contributed by atoms with van der Waals surface area (Å²) >= 11 is 12.1. The van der Waals surface area contributed by atoms with Gasteiger partial charge in [-0.3, -0.25) is 4.79 Å². The first-order valence-electron chi connectivity index (χ1n) is 8.72. The number of nitrogens with zero attached hydrogens (tertiary/aromatic N) is 1. The predicted octanol–water partition coefficient (Wildman–Crippen LogP) is 3.94. The lowest BCUT2D eigenvalue weighted by Gasteiger charge is -2.30. The molecule has 6 nitrogen and oxygen atoms in total. The molecule has 0 atom stereocenters. The van der Waals surface area contributed by atoms with Crippen LogP contribution in [-0.2, 0) is 10.0 Å². The van der Waals surface area contributed by atoms with E-state index in [1.54, 1.807) is 42.5 Å². The van der Waals surface area contributed by atoms with Gasteiger partial charge in [0.05, 0.1) is 16.8 Å². The maximum atomic E-state index is 12.8. The average Bonchev–Trinajstić information content (AvgIpc) is 2.64. The largest absolute Gasteiger partial charge is 0.455 e. The number of piperidine rings is 1. The number of carbonyl (C=O) groups excluding carboxylic acids is 1. The van der Waals surface area contributed by atoms with Gasteiger partial charge >= 0.3 is 0 Å². The fourth-order valence-electron chi connectivity index (χ4n) is 3.01. The van der Waals surface area contributed by atoms with Gasteiger partial charge in [0, 0.05) is 24.2 Å². The van der Waals surface area contributed by atoms with Crippen LogP contribution in [0.15, 0.2) is 42.5 Å². The van der Waals surface area contributed by atoms with Crippen LogP contribution in [0.5, 0.6) is 11.5 Å². The highest BCUT2D eigenvalue weighted by molar-refractivity contribution is 7.88. The summed E-state index contributed by atoms with van der Waals surface area (Å²) in [6.07, 6.45) is 2.32. The number of halogens is 2. The van der Waals surface area contributed by atoms with E-state index in [2.05, 4.69) is 5.32 Å². The highest BCUT2D eigenvalue weighted by Crippen LogP contribution is 2.33. The summed E-state index contributed by atoms with van der Waals surface area (Å²) in [5.41, 5.74) is 0.374. The van der Waals surface area contributed by atoms with Crippen LogP contribution >= 0.6 is 23.2 Å². The van der Waals surface area contributed by atoms with Gasteiger partial charge in [0.15, 0.2) is 0 Å². The molecule has 1 aliphatic rings. The van der Waals surface area contributed by atoms with Crippen LogP contribution in [-0.4, -0.2) is 44.0 Å². The molecule has 1 fully saturated rings. The number of carbonyl (C=O) groups is 1. The number of hydrogen-bond donors (Lipinski definition) is 1. The predicted molar refractivity (Wildman–Crippen MR) is 110 cm³/mol. The van der Waals surface area contributed by atoms with Crippen molar-refractivity contribution in [2.24, 2.45) is 0 Å². The fourth-order valence-corrected chi connectivity index (χ4v) is 4.34. The topological polar surface area (TPSA) is 75.7 Å². The van der Waals surface area contributed by atoms with Crippen molar-refractivity contribution in [3.63, 3.8) is 0 Å². The minimum Gasteiger partial charge on any atom is -0.455 e. The average molecular weight is 443 g/mol. The molecule has 0 radical (unpaired) electrons. The second kappa shape index (κ2) is 8.69. The second-order valence-corrected chi connectivity index (χ2v) is 9.41. The third-order valence-electron chi connectivity index (χ3n) is 4.50. The standard InChI is InChI=1S/C19H20Cl2N2O4S/c1-28(25,26)23-10-8-14(9-11-23)22-19(24)15-4-2-3-5-17(15)27-18-7-6-13(20)12-16(18)21/h2-7,12,14H,8-11H2,1H3,(H,22,24). The van der Waals surface area contributed by atoms with Crippen molar-refractivity contribution in [2.45, 2.75) is 18.9 Å². The molecule has 0 unspecified atom stereocenters. The molecule has 0 aromatic heterocycles. The summed E-state index contributed by atoms with van der Waals surface area (Å²) in [5, 5.41) is 3.80. The minimum atomic E-state index is -3.20. The van der Waals surface area contributed by atoms with Crippen molar-refractivity contribution in [1.82, 2.24) is 9.62 Å². The van der Waals surface area contributed by atoms with E-state index in [-0.39, 0.29) is 11.9 Å². The molecular weight excluding hydrogens is 423 g/mol. The van der Waals surface area contributed by atoms with Crippen LogP contribution in [0.2, 0.25) is 10.0 Å². The Labute approximate surface area is 174 Å². The van der Waals surface area contributed by atoms with Crippen LogP contribution in [0.3, 0.4) is 0 Å². The number of sulfonamides is 1. The fraction of sp³-hybridized carbons (Fsp3) is 0.316. The van der Waals surface area contributed by atoms with Gasteiger partial charge in [0.2, 0.25) is 10.0 Å². The van der Waals surface area contributed by atoms with Gasteiger partial charge in [-0.25, -0.2) is 12.7 Å². The lowest BCUT2D eigenvalue weighted by Crippen LogP contribution is -2.46. The molecule has 1 amide bonds. The molecule has 150 valence electrons. The molecular formula is C19H20Cl2N2O4S. The summed E-state index contributed by atoms with van der Waals surface area (Å²) in [4.78, 5) is 12.8. The van der Waals surface area contributed by atoms with E-state index in [0.717, 1.165) is 0 Å². The molecule has 2 aromatic rings. The number of para-hydroxylation sites is 1. The zero-order chi connectivity index (χ0) is 20.3. The Morgan fingerprint density at radius 2 is 1.79 bits per heavy atom. The lowest BCUT2D eigenvalue weighted by atomic mass is 10.1. The molecule has 0 spiro atoms. The number of amides is 1. The first kappa shape index (κ1) is 20.9. The van der Waals surface area contributed by atoms with E-state index >= 15 is 0 Å². The molecule has 1 aliphatic heterocycles. The molecule has 1 saturated heterocycles. The zero-order valence-electron chi connectivity index (χ0n) is 15.2. The molecule has 3 rings (SSSR count). The second-order valence-electron chi connectivity index (χ2n) is 6.58. The van der Waals surface area contributed by atoms with Crippen molar-refractivity contribution in [3.05, 3.63) is 58.1 Å². The summed E-state index contributed by atoms with van der Waals surface area (Å²) in [7, 11) is -3.20.